The maximum Gasteiger partial charge on any atom is 0.157 e. The van der Waals surface area contributed by atoms with E-state index in [1.807, 2.05) is 0 Å². The number of phenols is 2. The number of fused-ring (bicyclic) bond motifs is 5. The summed E-state index contributed by atoms with van der Waals surface area (Å²) in [5, 5.41) is 19.9. The fourth-order valence-corrected chi connectivity index (χ4v) is 4.51. The van der Waals surface area contributed by atoms with E-state index in [4.69, 9.17) is 0 Å². The van der Waals surface area contributed by atoms with Crippen molar-refractivity contribution in [1.29, 1.82) is 0 Å². The summed E-state index contributed by atoms with van der Waals surface area (Å²) in [7, 11) is 2.21. The number of aromatic hydroxyl groups is 2. The molecule has 3 heteroatoms. The molecule has 1 aliphatic heterocycles. The Balaban J connectivity index is 1.94. The number of nitrogens with zero attached hydrogens (tertiary/aromatic N) is 1. The molecule has 0 saturated heterocycles. The van der Waals surface area contributed by atoms with Gasteiger partial charge < -0.3 is 10.2 Å². The Bertz CT molecular complexity index is 768. The second kappa shape index (κ2) is 5.27. The van der Waals surface area contributed by atoms with Crippen molar-refractivity contribution in [2.45, 2.75) is 44.7 Å². The van der Waals surface area contributed by atoms with E-state index in [-0.39, 0.29) is 17.4 Å². The molecule has 2 atom stereocenters. The van der Waals surface area contributed by atoms with E-state index >= 15 is 0 Å². The summed E-state index contributed by atoms with van der Waals surface area (Å²) in [6.07, 6.45) is 3.09. The second-order valence-corrected chi connectivity index (χ2v) is 6.88. The molecule has 0 unspecified atom stereocenters. The van der Waals surface area contributed by atoms with Gasteiger partial charge in [-0.15, -0.1) is 0 Å². The highest BCUT2D eigenvalue weighted by Gasteiger charge is 2.38. The molecule has 0 fully saturated rings. The van der Waals surface area contributed by atoms with Gasteiger partial charge in [0.1, 0.15) is 0 Å². The maximum absolute atomic E-state index is 10.0. The Hall–Kier alpha value is -2.00. The van der Waals surface area contributed by atoms with Crippen LogP contribution in [-0.4, -0.2) is 28.2 Å². The van der Waals surface area contributed by atoms with E-state index in [1.165, 1.54) is 27.8 Å². The van der Waals surface area contributed by atoms with E-state index in [0.29, 0.717) is 6.04 Å². The summed E-state index contributed by atoms with van der Waals surface area (Å²) in [4.78, 5) is 2.46. The lowest BCUT2D eigenvalue weighted by Crippen LogP contribution is -2.44. The number of likely N-dealkylation sites (N-methyl/N-ethyl adjacent to an activating group) is 1. The number of aryl methyl sites for hydroxylation is 2. The van der Waals surface area contributed by atoms with Crippen LogP contribution in [-0.2, 0) is 19.4 Å². The predicted octanol–water partition coefficient (Wildman–Crippen LogP) is 3.55. The molecule has 0 amide bonds. The Morgan fingerprint density at radius 1 is 1.13 bits per heavy atom. The van der Waals surface area contributed by atoms with Crippen molar-refractivity contribution in [2.75, 3.05) is 7.05 Å². The zero-order valence-electron chi connectivity index (χ0n) is 13.7. The molecule has 23 heavy (non-hydrogen) atoms. The van der Waals surface area contributed by atoms with Crippen LogP contribution in [0.3, 0.4) is 0 Å². The van der Waals surface area contributed by atoms with Crippen LogP contribution < -0.4 is 0 Å². The maximum atomic E-state index is 10.0. The van der Waals surface area contributed by atoms with Crippen molar-refractivity contribution in [3.05, 3.63) is 58.1 Å². The Morgan fingerprint density at radius 2 is 1.91 bits per heavy atom. The third-order valence-electron chi connectivity index (χ3n) is 5.66. The van der Waals surface area contributed by atoms with Gasteiger partial charge in [-0.25, -0.2) is 0 Å². The molecule has 0 spiro atoms. The van der Waals surface area contributed by atoms with Crippen LogP contribution in [0, 0.1) is 0 Å². The average Bonchev–Trinajstić information content (AvgIpc) is 2.55. The lowest BCUT2D eigenvalue weighted by Gasteiger charge is -2.45. The van der Waals surface area contributed by atoms with Gasteiger partial charge in [-0.2, -0.15) is 0 Å². The fourth-order valence-electron chi connectivity index (χ4n) is 4.51. The Kier molecular flexibility index (Phi) is 3.34. The van der Waals surface area contributed by atoms with Crippen LogP contribution in [0.2, 0.25) is 0 Å². The molecule has 3 nitrogen and oxygen atoms in total. The van der Waals surface area contributed by atoms with Crippen molar-refractivity contribution in [3.63, 3.8) is 0 Å². The number of rotatable bonds is 1. The summed E-state index contributed by atoms with van der Waals surface area (Å²) in [5.74, 6) is 0.269. The van der Waals surface area contributed by atoms with E-state index in [2.05, 4.69) is 37.1 Å². The summed E-state index contributed by atoms with van der Waals surface area (Å²) in [6, 6.07) is 10.6. The second-order valence-electron chi connectivity index (χ2n) is 6.88. The van der Waals surface area contributed by atoms with Gasteiger partial charge in [0.2, 0.25) is 0 Å². The summed E-state index contributed by atoms with van der Waals surface area (Å²) in [6.45, 7) is 3.21. The van der Waals surface area contributed by atoms with Crippen LogP contribution in [0.1, 0.15) is 47.1 Å². The summed E-state index contributed by atoms with van der Waals surface area (Å²) < 4.78 is 0. The van der Waals surface area contributed by atoms with Gasteiger partial charge >= 0.3 is 0 Å². The molecule has 120 valence electrons. The monoisotopic (exact) mass is 309 g/mol. The third-order valence-corrected chi connectivity index (χ3v) is 5.66. The molecule has 1 aliphatic carbocycles. The highest BCUT2D eigenvalue weighted by molar-refractivity contribution is 5.54. The first-order chi connectivity index (χ1) is 11.1. The number of benzene rings is 2. The highest BCUT2D eigenvalue weighted by atomic mass is 16.3. The van der Waals surface area contributed by atoms with Crippen LogP contribution in [0.15, 0.2) is 30.3 Å². The van der Waals surface area contributed by atoms with Crippen LogP contribution in [0.4, 0.5) is 0 Å². The lowest BCUT2D eigenvalue weighted by atomic mass is 9.71. The zero-order valence-corrected chi connectivity index (χ0v) is 13.7. The minimum Gasteiger partial charge on any atom is -0.504 e. The molecule has 2 aromatic carbocycles. The minimum atomic E-state index is -0.00850. The standard InChI is InChI=1S/C20H23NO2/c1-3-12-5-4-6-14-16(12)11-21(2)17-8-7-13-9-18(22)19(23)10-15(13)20(14)17/h4-6,9-10,17,20,22-23H,3,7-8,11H2,1-2H3/t17-,20-/m1/s1. The first-order valence-corrected chi connectivity index (χ1v) is 8.45. The average molecular weight is 309 g/mol. The molecule has 0 bridgehead atoms. The summed E-state index contributed by atoms with van der Waals surface area (Å²) in [5.41, 5.74) is 6.61. The van der Waals surface area contributed by atoms with Crippen LogP contribution in [0.25, 0.3) is 0 Å². The SMILES string of the molecule is CCc1cccc2c1CN(C)[C@@H]1CCc3cc(O)c(O)cc3[C@@H]21. The van der Waals surface area contributed by atoms with Gasteiger partial charge in [-0.1, -0.05) is 25.1 Å². The molecule has 2 aromatic rings. The molecule has 1 heterocycles. The Morgan fingerprint density at radius 3 is 2.70 bits per heavy atom. The zero-order chi connectivity index (χ0) is 16.1. The van der Waals surface area contributed by atoms with Crippen molar-refractivity contribution >= 4 is 0 Å². The molecule has 0 aromatic heterocycles. The first-order valence-electron chi connectivity index (χ1n) is 8.45. The van der Waals surface area contributed by atoms with Crippen molar-refractivity contribution in [3.8, 4) is 11.5 Å². The van der Waals surface area contributed by atoms with Gasteiger partial charge in [-0.05, 0) is 66.3 Å². The molecule has 4 rings (SSSR count). The van der Waals surface area contributed by atoms with Gasteiger partial charge in [0.25, 0.3) is 0 Å². The van der Waals surface area contributed by atoms with Gasteiger partial charge in [0.05, 0.1) is 0 Å². The fraction of sp³-hybridized carbons (Fsp3) is 0.400. The van der Waals surface area contributed by atoms with E-state index < -0.39 is 0 Å². The summed E-state index contributed by atoms with van der Waals surface area (Å²) >= 11 is 0. The number of hydrogen-bond donors (Lipinski definition) is 2. The van der Waals surface area contributed by atoms with Crippen molar-refractivity contribution in [2.24, 2.45) is 0 Å². The predicted molar refractivity (Wildman–Crippen MR) is 91.0 cm³/mol. The van der Waals surface area contributed by atoms with E-state index in [1.54, 1.807) is 12.1 Å². The molecule has 2 N–H and O–H groups in total. The smallest absolute Gasteiger partial charge is 0.157 e. The first kappa shape index (κ1) is 14.6. The molecular weight excluding hydrogens is 286 g/mol. The molecular formula is C20H23NO2. The van der Waals surface area contributed by atoms with Crippen LogP contribution >= 0.6 is 0 Å². The molecule has 0 radical (unpaired) electrons. The Labute approximate surface area is 137 Å². The lowest BCUT2D eigenvalue weighted by molar-refractivity contribution is 0.178. The van der Waals surface area contributed by atoms with E-state index in [0.717, 1.165) is 25.8 Å². The molecule has 0 saturated carbocycles. The van der Waals surface area contributed by atoms with Crippen molar-refractivity contribution < 1.29 is 10.2 Å². The van der Waals surface area contributed by atoms with Gasteiger partial charge in [0, 0.05) is 18.5 Å². The minimum absolute atomic E-state index is 0.00565. The largest absolute Gasteiger partial charge is 0.504 e. The number of phenolic OH excluding ortho intramolecular Hbond substituents is 2. The van der Waals surface area contributed by atoms with Gasteiger partial charge in [0.15, 0.2) is 11.5 Å². The quantitative estimate of drug-likeness (QED) is 0.792. The normalized spacial score (nSPS) is 23.0. The third kappa shape index (κ3) is 2.14. The van der Waals surface area contributed by atoms with Gasteiger partial charge in [-0.3, -0.25) is 4.90 Å². The molecule has 2 aliphatic rings. The van der Waals surface area contributed by atoms with Crippen LogP contribution in [0.5, 0.6) is 11.5 Å². The van der Waals surface area contributed by atoms with E-state index in [9.17, 15) is 10.2 Å². The number of hydrogen-bond acceptors (Lipinski definition) is 3. The topological polar surface area (TPSA) is 43.7 Å². The van der Waals surface area contributed by atoms with Crippen molar-refractivity contribution in [1.82, 2.24) is 4.90 Å². The highest BCUT2D eigenvalue weighted by Crippen LogP contribution is 2.46.